The number of ether oxygens (including phenoxy) is 1. The Balaban J connectivity index is 1.65. The van der Waals surface area contributed by atoms with Crippen LogP contribution in [0.2, 0.25) is 0 Å². The number of para-hydroxylation sites is 1. The normalized spacial score (nSPS) is 15.1. The van der Waals surface area contributed by atoms with Crippen LogP contribution < -0.4 is 15.0 Å². The highest BCUT2D eigenvalue weighted by Gasteiger charge is 2.20. The van der Waals surface area contributed by atoms with Crippen LogP contribution in [-0.4, -0.2) is 55.7 Å². The van der Waals surface area contributed by atoms with Crippen molar-refractivity contribution in [1.29, 1.82) is 0 Å². The molecule has 2 aromatic rings. The number of pyridine rings is 1. The summed E-state index contributed by atoms with van der Waals surface area (Å²) in [5.41, 5.74) is 1.09. The highest BCUT2D eigenvalue weighted by Crippen LogP contribution is 2.18. The summed E-state index contributed by atoms with van der Waals surface area (Å²) in [7, 11) is 1.70. The van der Waals surface area contributed by atoms with Crippen molar-refractivity contribution in [2.24, 2.45) is 4.99 Å². The minimum Gasteiger partial charge on any atom is -0.496 e. The Morgan fingerprint density at radius 1 is 1.12 bits per heavy atom. The van der Waals surface area contributed by atoms with Crippen molar-refractivity contribution in [3.05, 3.63) is 54.2 Å². The fourth-order valence-corrected chi connectivity index (χ4v) is 3.11. The van der Waals surface area contributed by atoms with Gasteiger partial charge in [0.05, 0.1) is 13.7 Å². The lowest BCUT2D eigenvalue weighted by Crippen LogP contribution is -2.52. The van der Waals surface area contributed by atoms with Gasteiger partial charge in [0.25, 0.3) is 0 Å². The quantitative estimate of drug-likeness (QED) is 0.661. The monoisotopic (exact) mass is 353 g/mol. The maximum absolute atomic E-state index is 5.43. The average Bonchev–Trinajstić information content (AvgIpc) is 2.72. The van der Waals surface area contributed by atoms with E-state index in [1.54, 1.807) is 7.11 Å². The molecule has 26 heavy (non-hydrogen) atoms. The van der Waals surface area contributed by atoms with Gasteiger partial charge in [-0.1, -0.05) is 24.3 Å². The maximum atomic E-state index is 5.43. The second-order valence-electron chi connectivity index (χ2n) is 6.14. The van der Waals surface area contributed by atoms with Crippen LogP contribution in [0.4, 0.5) is 5.82 Å². The molecule has 1 saturated heterocycles. The highest BCUT2D eigenvalue weighted by atomic mass is 16.5. The molecule has 0 spiro atoms. The lowest BCUT2D eigenvalue weighted by molar-refractivity contribution is 0.371. The van der Waals surface area contributed by atoms with Gasteiger partial charge < -0.3 is 19.9 Å². The molecule has 3 rings (SSSR count). The van der Waals surface area contributed by atoms with E-state index in [4.69, 9.17) is 9.73 Å². The van der Waals surface area contributed by atoms with Crippen molar-refractivity contribution < 1.29 is 4.74 Å². The fourth-order valence-electron chi connectivity index (χ4n) is 3.11. The summed E-state index contributed by atoms with van der Waals surface area (Å²) in [6.45, 7) is 7.29. The predicted molar refractivity (Wildman–Crippen MR) is 106 cm³/mol. The molecule has 1 aliphatic heterocycles. The van der Waals surface area contributed by atoms with Gasteiger partial charge in [-0.3, -0.25) is 0 Å². The number of aromatic nitrogens is 1. The Morgan fingerprint density at radius 2 is 1.88 bits per heavy atom. The molecular weight excluding hydrogens is 326 g/mol. The van der Waals surface area contributed by atoms with Gasteiger partial charge in [0, 0.05) is 44.5 Å². The van der Waals surface area contributed by atoms with Crippen LogP contribution >= 0.6 is 0 Å². The van der Waals surface area contributed by atoms with Crippen LogP contribution in [0.15, 0.2) is 53.7 Å². The first-order chi connectivity index (χ1) is 12.8. The van der Waals surface area contributed by atoms with Crippen LogP contribution in [0.1, 0.15) is 12.5 Å². The number of piperazine rings is 1. The molecule has 1 aromatic heterocycles. The van der Waals surface area contributed by atoms with E-state index in [2.05, 4.69) is 39.2 Å². The average molecular weight is 353 g/mol. The van der Waals surface area contributed by atoms with Gasteiger partial charge in [-0.05, 0) is 25.1 Å². The van der Waals surface area contributed by atoms with E-state index >= 15 is 0 Å². The first-order valence-corrected chi connectivity index (χ1v) is 9.13. The SMILES string of the molecule is CCNC(=NCc1ccccc1OC)N1CCN(c2ccccn2)CC1. The number of nitrogens with zero attached hydrogens (tertiary/aromatic N) is 4. The van der Waals surface area contributed by atoms with Gasteiger partial charge >= 0.3 is 0 Å². The number of rotatable bonds is 5. The third-order valence-corrected chi connectivity index (χ3v) is 4.48. The Labute approximate surface area is 155 Å². The summed E-state index contributed by atoms with van der Waals surface area (Å²) in [4.78, 5) is 13.9. The van der Waals surface area contributed by atoms with Crippen LogP contribution in [0, 0.1) is 0 Å². The van der Waals surface area contributed by atoms with Gasteiger partial charge in [-0.15, -0.1) is 0 Å². The molecule has 138 valence electrons. The molecule has 2 heterocycles. The van der Waals surface area contributed by atoms with Gasteiger partial charge in [-0.25, -0.2) is 9.98 Å². The molecule has 0 aliphatic carbocycles. The molecule has 0 unspecified atom stereocenters. The van der Waals surface area contributed by atoms with Crippen molar-refractivity contribution >= 4 is 11.8 Å². The largest absolute Gasteiger partial charge is 0.496 e. The molecule has 0 atom stereocenters. The Bertz CT molecular complexity index is 711. The zero-order chi connectivity index (χ0) is 18.2. The summed E-state index contributed by atoms with van der Waals surface area (Å²) in [5.74, 6) is 2.88. The van der Waals surface area contributed by atoms with Crippen molar-refractivity contribution in [2.45, 2.75) is 13.5 Å². The first kappa shape index (κ1) is 18.0. The van der Waals surface area contributed by atoms with Crippen LogP contribution in [0.3, 0.4) is 0 Å². The van der Waals surface area contributed by atoms with Crippen LogP contribution in [0.5, 0.6) is 5.75 Å². The number of hydrogen-bond donors (Lipinski definition) is 1. The standard InChI is InChI=1S/C20H27N5O/c1-3-21-20(23-16-17-8-4-5-9-18(17)26-2)25-14-12-24(13-15-25)19-10-6-7-11-22-19/h4-11H,3,12-16H2,1-2H3,(H,21,23). The van der Waals surface area contributed by atoms with E-state index in [9.17, 15) is 0 Å². The molecule has 0 radical (unpaired) electrons. The van der Waals surface area contributed by atoms with E-state index in [-0.39, 0.29) is 0 Å². The highest BCUT2D eigenvalue weighted by molar-refractivity contribution is 5.80. The number of benzene rings is 1. The zero-order valence-electron chi connectivity index (χ0n) is 15.6. The van der Waals surface area contributed by atoms with Gasteiger partial charge in [-0.2, -0.15) is 0 Å². The zero-order valence-corrected chi connectivity index (χ0v) is 15.6. The number of anilines is 1. The third-order valence-electron chi connectivity index (χ3n) is 4.48. The molecular formula is C20H27N5O. The molecule has 6 nitrogen and oxygen atoms in total. The van der Waals surface area contributed by atoms with Crippen molar-refractivity contribution in [3.63, 3.8) is 0 Å². The summed E-state index contributed by atoms with van der Waals surface area (Å²) >= 11 is 0. The number of guanidine groups is 1. The smallest absolute Gasteiger partial charge is 0.194 e. The van der Waals surface area contributed by atoms with E-state index in [1.165, 1.54) is 0 Å². The summed E-state index contributed by atoms with van der Waals surface area (Å²) in [5, 5.41) is 3.42. The summed E-state index contributed by atoms with van der Waals surface area (Å²) < 4.78 is 5.43. The molecule has 0 bridgehead atoms. The number of methoxy groups -OCH3 is 1. The maximum Gasteiger partial charge on any atom is 0.194 e. The topological polar surface area (TPSA) is 53.0 Å². The second kappa shape index (κ2) is 9.08. The Kier molecular flexibility index (Phi) is 6.30. The molecule has 1 N–H and O–H groups in total. The number of aliphatic imine (C=N–C) groups is 1. The van der Waals surface area contributed by atoms with E-state index < -0.39 is 0 Å². The van der Waals surface area contributed by atoms with Crippen molar-refractivity contribution in [1.82, 2.24) is 15.2 Å². The number of hydrogen-bond acceptors (Lipinski definition) is 4. The van der Waals surface area contributed by atoms with Crippen LogP contribution in [-0.2, 0) is 6.54 Å². The fraction of sp³-hybridized carbons (Fsp3) is 0.400. The number of nitrogens with one attached hydrogen (secondary N) is 1. The first-order valence-electron chi connectivity index (χ1n) is 9.13. The minimum absolute atomic E-state index is 0.604. The predicted octanol–water partition coefficient (Wildman–Crippen LogP) is 2.38. The molecule has 1 aliphatic rings. The van der Waals surface area contributed by atoms with Crippen LogP contribution in [0.25, 0.3) is 0 Å². The molecule has 1 fully saturated rings. The van der Waals surface area contributed by atoms with Gasteiger partial charge in [0.2, 0.25) is 0 Å². The molecule has 1 aromatic carbocycles. The van der Waals surface area contributed by atoms with Gasteiger partial charge in [0.1, 0.15) is 11.6 Å². The summed E-state index contributed by atoms with van der Waals surface area (Å²) in [6.07, 6.45) is 1.85. The molecule has 0 amide bonds. The molecule has 6 heteroatoms. The second-order valence-corrected chi connectivity index (χ2v) is 6.14. The Morgan fingerprint density at radius 3 is 2.58 bits per heavy atom. The van der Waals surface area contributed by atoms with E-state index in [1.807, 2.05) is 36.5 Å². The third kappa shape index (κ3) is 4.45. The van der Waals surface area contributed by atoms with Gasteiger partial charge in [0.15, 0.2) is 5.96 Å². The van der Waals surface area contributed by atoms with E-state index in [0.29, 0.717) is 6.54 Å². The van der Waals surface area contributed by atoms with Crippen molar-refractivity contribution in [3.8, 4) is 5.75 Å². The summed E-state index contributed by atoms with van der Waals surface area (Å²) in [6, 6.07) is 14.1. The Hall–Kier alpha value is -2.76. The molecule has 0 saturated carbocycles. The minimum atomic E-state index is 0.604. The lowest BCUT2D eigenvalue weighted by atomic mass is 10.2. The van der Waals surface area contributed by atoms with Crippen molar-refractivity contribution in [2.75, 3.05) is 44.7 Å². The lowest BCUT2D eigenvalue weighted by Gasteiger charge is -2.37. The van der Waals surface area contributed by atoms with E-state index in [0.717, 1.165) is 55.8 Å².